The van der Waals surface area contributed by atoms with E-state index in [2.05, 4.69) is 111 Å². The van der Waals surface area contributed by atoms with Crippen LogP contribution in [-0.4, -0.2) is 43.7 Å². The summed E-state index contributed by atoms with van der Waals surface area (Å²) in [5, 5.41) is 3.83. The maximum Gasteiger partial charge on any atom is 0.0875 e. The molecule has 0 radical (unpaired) electrons. The normalized spacial score (nSPS) is 12.6. The number of rotatable bonds is 12. The molecule has 0 unspecified atom stereocenters. The fraction of sp³-hybridized carbons (Fsp3) is 0.800. The van der Waals surface area contributed by atoms with Crippen molar-refractivity contribution in [3.05, 3.63) is 35.4 Å². The number of nitrogens with one attached hydrogen (secondary N) is 1. The van der Waals surface area contributed by atoms with Crippen LogP contribution in [0.5, 0.6) is 0 Å². The number of likely N-dealkylation sites (N-methyl/N-ethyl adjacent to an activating group) is 1. The monoisotopic (exact) mass is 464 g/mol. The Balaban J connectivity index is 0. The first kappa shape index (κ1) is 34.3. The van der Waals surface area contributed by atoms with Gasteiger partial charge in [-0.25, -0.2) is 0 Å². The van der Waals surface area contributed by atoms with Crippen LogP contribution in [0.25, 0.3) is 0 Å². The van der Waals surface area contributed by atoms with E-state index in [0.29, 0.717) is 6.61 Å². The van der Waals surface area contributed by atoms with Crippen molar-refractivity contribution >= 4 is 0 Å². The molecule has 0 fully saturated rings. The van der Waals surface area contributed by atoms with E-state index in [4.69, 9.17) is 4.74 Å². The van der Waals surface area contributed by atoms with Crippen LogP contribution in [0.1, 0.15) is 108 Å². The lowest BCUT2D eigenvalue weighted by Crippen LogP contribution is -2.59. The summed E-state index contributed by atoms with van der Waals surface area (Å²) in [5.74, 6) is 0. The summed E-state index contributed by atoms with van der Waals surface area (Å²) in [6, 6.07) is 8.66. The van der Waals surface area contributed by atoms with E-state index in [1.54, 1.807) is 0 Å². The van der Waals surface area contributed by atoms with Gasteiger partial charge in [0.05, 0.1) is 12.2 Å². The van der Waals surface area contributed by atoms with Gasteiger partial charge < -0.3 is 15.0 Å². The lowest BCUT2D eigenvalue weighted by atomic mass is 9.58. The smallest absolute Gasteiger partial charge is 0.0875 e. The maximum absolute atomic E-state index is 6.56. The fourth-order valence-corrected chi connectivity index (χ4v) is 3.76. The summed E-state index contributed by atoms with van der Waals surface area (Å²) in [7, 11) is 2.20. The van der Waals surface area contributed by atoms with Gasteiger partial charge in [-0.05, 0) is 71.0 Å². The predicted molar refractivity (Wildman–Crippen MR) is 150 cm³/mol. The molecule has 3 nitrogen and oxygen atoms in total. The molecule has 0 spiro atoms. The Morgan fingerprint density at radius 2 is 1.42 bits per heavy atom. The average molecular weight is 465 g/mol. The van der Waals surface area contributed by atoms with Crippen molar-refractivity contribution in [3.8, 4) is 0 Å². The molecule has 0 aliphatic rings. The molecule has 0 heterocycles. The van der Waals surface area contributed by atoms with Gasteiger partial charge in [0.2, 0.25) is 0 Å². The molecule has 0 bridgehead atoms. The molecule has 0 saturated carbocycles. The SMILES string of the molecule is CC.CC.CCCN(C)CCNC(C)(C)C(C)(C)C(C)(C)COC(C)(C)c1cccc(C)c1. The maximum atomic E-state index is 6.56. The molecule has 1 aromatic rings. The highest BCUT2D eigenvalue weighted by atomic mass is 16.5. The van der Waals surface area contributed by atoms with E-state index in [0.717, 1.165) is 19.6 Å². The van der Waals surface area contributed by atoms with Crippen LogP contribution in [-0.2, 0) is 10.3 Å². The Bertz CT molecular complexity index is 632. The lowest BCUT2D eigenvalue weighted by Gasteiger charge is -2.53. The molecule has 1 aromatic carbocycles. The molecular formula is C30H60N2O. The van der Waals surface area contributed by atoms with Crippen LogP contribution in [0.4, 0.5) is 0 Å². The van der Waals surface area contributed by atoms with Gasteiger partial charge >= 0.3 is 0 Å². The van der Waals surface area contributed by atoms with Crippen LogP contribution >= 0.6 is 0 Å². The number of aryl methyl sites for hydroxylation is 1. The third kappa shape index (κ3) is 10.5. The van der Waals surface area contributed by atoms with Crippen LogP contribution < -0.4 is 5.32 Å². The second-order valence-electron chi connectivity index (χ2n) is 11.0. The largest absolute Gasteiger partial charge is 0.370 e. The van der Waals surface area contributed by atoms with Crippen LogP contribution in [0, 0.1) is 17.8 Å². The number of nitrogens with zero attached hydrogens (tertiary/aromatic N) is 1. The molecule has 0 aliphatic heterocycles. The summed E-state index contributed by atoms with van der Waals surface area (Å²) >= 11 is 0. The Morgan fingerprint density at radius 1 is 0.879 bits per heavy atom. The van der Waals surface area contributed by atoms with Gasteiger partial charge in [-0.1, -0.05) is 92.1 Å². The molecule has 1 N–H and O–H groups in total. The van der Waals surface area contributed by atoms with E-state index < -0.39 is 0 Å². The topological polar surface area (TPSA) is 24.5 Å². The van der Waals surface area contributed by atoms with Gasteiger partial charge in [-0.3, -0.25) is 0 Å². The quantitative estimate of drug-likeness (QED) is 0.338. The van der Waals surface area contributed by atoms with Crippen molar-refractivity contribution in [1.29, 1.82) is 0 Å². The molecule has 196 valence electrons. The summed E-state index contributed by atoms with van der Waals surface area (Å²) in [6.07, 6.45) is 1.20. The Hall–Kier alpha value is -0.900. The Kier molecular flexibility index (Phi) is 15.8. The minimum atomic E-state index is -0.306. The minimum Gasteiger partial charge on any atom is -0.370 e. The molecule has 0 amide bonds. The molecular weight excluding hydrogens is 404 g/mol. The standard InChI is InChI=1S/C26H48N2O.2C2H6/c1-12-17-28(11)18-16-27-26(9,10)25(7,8)23(3,4)20-29-24(5,6)22-15-13-14-21(2)19-22;2*1-2/h13-15,19,27H,12,16-18,20H2,1-11H3;2*1-2H3. The van der Waals surface area contributed by atoms with Crippen LogP contribution in [0.3, 0.4) is 0 Å². The van der Waals surface area contributed by atoms with Crippen molar-refractivity contribution in [2.75, 3.05) is 33.3 Å². The molecule has 0 aliphatic carbocycles. The molecule has 0 saturated heterocycles. The Labute approximate surface area is 209 Å². The molecule has 1 rings (SSSR count). The van der Waals surface area contributed by atoms with Gasteiger partial charge in [0.15, 0.2) is 0 Å². The van der Waals surface area contributed by atoms with E-state index in [-0.39, 0.29) is 22.0 Å². The van der Waals surface area contributed by atoms with E-state index in [1.165, 1.54) is 17.5 Å². The predicted octanol–water partition coefficient (Wildman–Crippen LogP) is 8.06. The number of ether oxygens (including phenoxy) is 1. The van der Waals surface area contributed by atoms with Gasteiger partial charge in [-0.2, -0.15) is 0 Å². The van der Waals surface area contributed by atoms with E-state index in [9.17, 15) is 0 Å². The highest BCUT2D eigenvalue weighted by molar-refractivity contribution is 5.26. The summed E-state index contributed by atoms with van der Waals surface area (Å²) in [4.78, 5) is 2.40. The fourth-order valence-electron chi connectivity index (χ4n) is 3.76. The lowest BCUT2D eigenvalue weighted by molar-refractivity contribution is -0.109. The highest BCUT2D eigenvalue weighted by Crippen LogP contribution is 2.47. The first-order chi connectivity index (χ1) is 15.2. The zero-order valence-corrected chi connectivity index (χ0v) is 25.2. The average Bonchev–Trinajstić information content (AvgIpc) is 2.75. The van der Waals surface area contributed by atoms with Gasteiger partial charge in [0, 0.05) is 18.6 Å². The van der Waals surface area contributed by atoms with Crippen molar-refractivity contribution in [3.63, 3.8) is 0 Å². The van der Waals surface area contributed by atoms with Crippen molar-refractivity contribution in [2.24, 2.45) is 10.8 Å². The zero-order chi connectivity index (χ0) is 26.5. The molecule has 3 heteroatoms. The first-order valence-corrected chi connectivity index (χ1v) is 13.3. The minimum absolute atomic E-state index is 0.0000840. The summed E-state index contributed by atoms with van der Waals surface area (Å²) < 4.78 is 6.56. The third-order valence-electron chi connectivity index (χ3n) is 7.43. The van der Waals surface area contributed by atoms with E-state index >= 15 is 0 Å². The zero-order valence-electron chi connectivity index (χ0n) is 25.2. The first-order valence-electron chi connectivity index (χ1n) is 13.3. The second-order valence-corrected chi connectivity index (χ2v) is 11.0. The summed E-state index contributed by atoms with van der Waals surface area (Å²) in [5.41, 5.74) is 2.23. The van der Waals surface area contributed by atoms with Crippen molar-refractivity contribution in [2.45, 2.75) is 114 Å². The van der Waals surface area contributed by atoms with Crippen molar-refractivity contribution < 1.29 is 4.74 Å². The third-order valence-corrected chi connectivity index (χ3v) is 7.43. The molecule has 0 aromatic heterocycles. The van der Waals surface area contributed by atoms with Gasteiger partial charge in [-0.15, -0.1) is 0 Å². The number of hydrogen-bond donors (Lipinski definition) is 1. The van der Waals surface area contributed by atoms with Gasteiger partial charge in [0.25, 0.3) is 0 Å². The van der Waals surface area contributed by atoms with Crippen LogP contribution in [0.15, 0.2) is 24.3 Å². The molecule has 0 atom stereocenters. The second kappa shape index (κ2) is 15.2. The number of benzene rings is 1. The molecule has 33 heavy (non-hydrogen) atoms. The summed E-state index contributed by atoms with van der Waals surface area (Å²) in [6.45, 7) is 34.8. The number of hydrogen-bond acceptors (Lipinski definition) is 3. The van der Waals surface area contributed by atoms with Gasteiger partial charge in [0.1, 0.15) is 0 Å². The highest BCUT2D eigenvalue weighted by Gasteiger charge is 2.48. The van der Waals surface area contributed by atoms with E-state index in [1.807, 2.05) is 27.7 Å². The van der Waals surface area contributed by atoms with Crippen molar-refractivity contribution in [1.82, 2.24) is 10.2 Å². The Morgan fingerprint density at radius 3 is 1.91 bits per heavy atom. The van der Waals surface area contributed by atoms with Crippen LogP contribution in [0.2, 0.25) is 0 Å².